The first-order valence-corrected chi connectivity index (χ1v) is 9.02. The highest BCUT2D eigenvalue weighted by Gasteiger charge is 2.19. The zero-order valence-corrected chi connectivity index (χ0v) is 13.7. The standard InChI is InChI=1S/C13H18BrNOS2/c1-15(8-12-7-11(14)9-18-12)13(16)6-10-2-4-17-5-3-10/h7,9-10H,2-6,8H2,1H3. The van der Waals surface area contributed by atoms with E-state index in [0.717, 1.165) is 17.4 Å². The monoisotopic (exact) mass is 347 g/mol. The molecule has 1 amide bonds. The number of carbonyl (C=O) groups excluding carboxylic acids is 1. The van der Waals surface area contributed by atoms with Crippen LogP contribution in [0.25, 0.3) is 0 Å². The summed E-state index contributed by atoms with van der Waals surface area (Å²) in [7, 11) is 1.91. The van der Waals surface area contributed by atoms with Crippen molar-refractivity contribution in [2.75, 3.05) is 18.6 Å². The van der Waals surface area contributed by atoms with Gasteiger partial charge < -0.3 is 4.90 Å². The number of thioether (sulfide) groups is 1. The van der Waals surface area contributed by atoms with Crippen molar-refractivity contribution in [2.45, 2.75) is 25.8 Å². The van der Waals surface area contributed by atoms with Gasteiger partial charge in [-0.15, -0.1) is 11.3 Å². The Hall–Kier alpha value is -0.000000000000000111. The maximum Gasteiger partial charge on any atom is 0.222 e. The molecular formula is C13H18BrNOS2. The van der Waals surface area contributed by atoms with E-state index in [1.165, 1.54) is 29.2 Å². The molecule has 1 aliphatic heterocycles. The molecule has 1 aromatic heterocycles. The zero-order valence-electron chi connectivity index (χ0n) is 10.5. The van der Waals surface area contributed by atoms with Gasteiger partial charge in [-0.2, -0.15) is 11.8 Å². The molecule has 100 valence electrons. The third kappa shape index (κ3) is 4.28. The van der Waals surface area contributed by atoms with Crippen LogP contribution in [0.2, 0.25) is 0 Å². The predicted molar refractivity (Wildman–Crippen MR) is 83.2 cm³/mol. The molecule has 1 aromatic rings. The Bertz CT molecular complexity index is 401. The van der Waals surface area contributed by atoms with Gasteiger partial charge in [-0.1, -0.05) is 0 Å². The van der Waals surface area contributed by atoms with E-state index in [2.05, 4.69) is 27.4 Å². The molecule has 0 aliphatic carbocycles. The molecule has 0 radical (unpaired) electrons. The van der Waals surface area contributed by atoms with Crippen LogP contribution in [0.3, 0.4) is 0 Å². The van der Waals surface area contributed by atoms with Crippen LogP contribution < -0.4 is 0 Å². The highest BCUT2D eigenvalue weighted by molar-refractivity contribution is 9.10. The fourth-order valence-corrected chi connectivity index (χ4v) is 4.82. The van der Waals surface area contributed by atoms with Crippen LogP contribution in [0.5, 0.6) is 0 Å². The lowest BCUT2D eigenvalue weighted by Crippen LogP contribution is -2.28. The summed E-state index contributed by atoms with van der Waals surface area (Å²) in [5, 5.41) is 2.06. The average molecular weight is 348 g/mol. The second kappa shape index (κ2) is 6.96. The number of amides is 1. The Morgan fingerprint density at radius 1 is 1.50 bits per heavy atom. The quantitative estimate of drug-likeness (QED) is 0.820. The molecule has 2 heterocycles. The Morgan fingerprint density at radius 2 is 2.22 bits per heavy atom. The van der Waals surface area contributed by atoms with Crippen LogP contribution in [0.1, 0.15) is 24.1 Å². The molecule has 1 fully saturated rings. The molecule has 1 aliphatic rings. The van der Waals surface area contributed by atoms with E-state index in [1.54, 1.807) is 11.3 Å². The molecule has 0 unspecified atom stereocenters. The lowest BCUT2D eigenvalue weighted by Gasteiger charge is -2.23. The van der Waals surface area contributed by atoms with Gasteiger partial charge in [0.25, 0.3) is 0 Å². The number of hydrogen-bond donors (Lipinski definition) is 0. The minimum absolute atomic E-state index is 0.288. The molecule has 0 N–H and O–H groups in total. The van der Waals surface area contributed by atoms with Crippen molar-refractivity contribution in [1.29, 1.82) is 0 Å². The molecule has 0 saturated carbocycles. The van der Waals surface area contributed by atoms with Crippen LogP contribution in [0.15, 0.2) is 15.9 Å². The molecule has 5 heteroatoms. The zero-order chi connectivity index (χ0) is 13.0. The molecule has 0 atom stereocenters. The summed E-state index contributed by atoms with van der Waals surface area (Å²) in [5.74, 6) is 3.34. The first-order chi connectivity index (χ1) is 8.65. The minimum atomic E-state index is 0.288. The Labute approximate surface area is 125 Å². The summed E-state index contributed by atoms with van der Waals surface area (Å²) in [6.45, 7) is 0.733. The average Bonchev–Trinajstić information content (AvgIpc) is 2.76. The highest BCUT2D eigenvalue weighted by Crippen LogP contribution is 2.26. The van der Waals surface area contributed by atoms with E-state index in [0.29, 0.717) is 5.92 Å². The van der Waals surface area contributed by atoms with Gasteiger partial charge in [0.15, 0.2) is 0 Å². The van der Waals surface area contributed by atoms with Crippen LogP contribution in [0, 0.1) is 5.92 Å². The van der Waals surface area contributed by atoms with Gasteiger partial charge in [-0.25, -0.2) is 0 Å². The number of hydrogen-bond acceptors (Lipinski definition) is 3. The van der Waals surface area contributed by atoms with Crippen molar-refractivity contribution in [3.05, 3.63) is 20.8 Å². The second-order valence-corrected chi connectivity index (χ2v) is 7.88. The van der Waals surface area contributed by atoms with Gasteiger partial charge in [-0.05, 0) is 52.3 Å². The van der Waals surface area contributed by atoms with E-state index in [1.807, 2.05) is 23.7 Å². The molecule has 0 bridgehead atoms. The van der Waals surface area contributed by atoms with Gasteiger partial charge in [0.1, 0.15) is 0 Å². The van der Waals surface area contributed by atoms with Crippen molar-refractivity contribution in [3.8, 4) is 0 Å². The molecule has 2 nitrogen and oxygen atoms in total. The van der Waals surface area contributed by atoms with Gasteiger partial charge in [-0.3, -0.25) is 4.79 Å². The molecular weight excluding hydrogens is 330 g/mol. The summed E-state index contributed by atoms with van der Waals surface area (Å²) in [6, 6.07) is 2.09. The Kier molecular flexibility index (Phi) is 5.57. The highest BCUT2D eigenvalue weighted by atomic mass is 79.9. The molecule has 1 saturated heterocycles. The van der Waals surface area contributed by atoms with E-state index in [4.69, 9.17) is 0 Å². The molecule has 2 rings (SSSR count). The van der Waals surface area contributed by atoms with E-state index < -0.39 is 0 Å². The van der Waals surface area contributed by atoms with Gasteiger partial charge in [0.05, 0.1) is 6.54 Å². The van der Waals surface area contributed by atoms with E-state index in [-0.39, 0.29) is 5.91 Å². The maximum absolute atomic E-state index is 12.1. The number of rotatable bonds is 4. The van der Waals surface area contributed by atoms with Crippen molar-refractivity contribution in [1.82, 2.24) is 4.90 Å². The summed E-state index contributed by atoms with van der Waals surface area (Å²) in [5.41, 5.74) is 0. The Morgan fingerprint density at radius 3 is 2.83 bits per heavy atom. The second-order valence-electron chi connectivity index (χ2n) is 4.74. The lowest BCUT2D eigenvalue weighted by atomic mass is 9.98. The van der Waals surface area contributed by atoms with Crippen LogP contribution in [0.4, 0.5) is 0 Å². The fourth-order valence-electron chi connectivity index (χ4n) is 2.11. The number of nitrogens with zero attached hydrogens (tertiary/aromatic N) is 1. The Balaban J connectivity index is 1.80. The molecule has 0 spiro atoms. The van der Waals surface area contributed by atoms with Crippen molar-refractivity contribution in [2.24, 2.45) is 5.92 Å². The maximum atomic E-state index is 12.1. The smallest absolute Gasteiger partial charge is 0.222 e. The first kappa shape index (κ1) is 14.4. The fraction of sp³-hybridized carbons (Fsp3) is 0.615. The van der Waals surface area contributed by atoms with Crippen molar-refractivity contribution in [3.63, 3.8) is 0 Å². The topological polar surface area (TPSA) is 20.3 Å². The van der Waals surface area contributed by atoms with Gasteiger partial charge in [0, 0.05) is 28.2 Å². The van der Waals surface area contributed by atoms with E-state index >= 15 is 0 Å². The predicted octanol–water partition coefficient (Wildman–Crippen LogP) is 4.00. The minimum Gasteiger partial charge on any atom is -0.341 e. The summed E-state index contributed by atoms with van der Waals surface area (Å²) < 4.78 is 1.10. The van der Waals surface area contributed by atoms with Gasteiger partial charge in [0.2, 0.25) is 5.91 Å². The summed E-state index contributed by atoms with van der Waals surface area (Å²) >= 11 is 7.15. The summed E-state index contributed by atoms with van der Waals surface area (Å²) in [6.07, 6.45) is 3.13. The van der Waals surface area contributed by atoms with Crippen LogP contribution in [-0.2, 0) is 11.3 Å². The third-order valence-electron chi connectivity index (χ3n) is 3.24. The van der Waals surface area contributed by atoms with E-state index in [9.17, 15) is 4.79 Å². The third-order valence-corrected chi connectivity index (χ3v) is 5.98. The lowest BCUT2D eigenvalue weighted by molar-refractivity contribution is -0.131. The largest absolute Gasteiger partial charge is 0.341 e. The molecule has 18 heavy (non-hydrogen) atoms. The summed E-state index contributed by atoms with van der Waals surface area (Å²) in [4.78, 5) is 15.2. The molecule has 0 aromatic carbocycles. The first-order valence-electron chi connectivity index (χ1n) is 6.20. The number of halogens is 1. The normalized spacial score (nSPS) is 16.8. The number of carbonyl (C=O) groups is 1. The van der Waals surface area contributed by atoms with Crippen LogP contribution >= 0.6 is 39.0 Å². The SMILES string of the molecule is CN(Cc1cc(Br)cs1)C(=O)CC1CCSCC1. The van der Waals surface area contributed by atoms with Gasteiger partial charge >= 0.3 is 0 Å². The van der Waals surface area contributed by atoms with Crippen molar-refractivity contribution >= 4 is 44.9 Å². The van der Waals surface area contributed by atoms with Crippen molar-refractivity contribution < 1.29 is 4.79 Å². The number of thiophene rings is 1. The van der Waals surface area contributed by atoms with Crippen LogP contribution in [-0.4, -0.2) is 29.4 Å².